The molecule has 1 unspecified atom stereocenters. The third kappa shape index (κ3) is 4.28. The van der Waals surface area contributed by atoms with E-state index in [0.29, 0.717) is 0 Å². The Balaban J connectivity index is 1.36. The van der Waals surface area contributed by atoms with Crippen LogP contribution in [0.1, 0.15) is 32.6 Å². The van der Waals surface area contributed by atoms with Crippen molar-refractivity contribution in [2.24, 2.45) is 5.92 Å². The molecule has 1 aromatic carbocycles. The van der Waals surface area contributed by atoms with Crippen molar-refractivity contribution in [3.05, 3.63) is 36.0 Å². The number of nitrogens with zero attached hydrogens (tertiary/aromatic N) is 3. The summed E-state index contributed by atoms with van der Waals surface area (Å²) in [7, 11) is 0. The second-order valence-corrected chi connectivity index (χ2v) is 8.50. The number of likely N-dealkylation sites (tertiary alicyclic amines) is 1. The van der Waals surface area contributed by atoms with Crippen LogP contribution in [0.5, 0.6) is 5.75 Å². The van der Waals surface area contributed by atoms with Gasteiger partial charge in [-0.05, 0) is 56.0 Å². The molecule has 3 heterocycles. The molecule has 1 aliphatic heterocycles. The molecule has 1 fully saturated rings. The van der Waals surface area contributed by atoms with Gasteiger partial charge in [0.1, 0.15) is 17.9 Å². The van der Waals surface area contributed by atoms with Crippen molar-refractivity contribution in [1.29, 1.82) is 0 Å². The zero-order chi connectivity index (χ0) is 19.3. The summed E-state index contributed by atoms with van der Waals surface area (Å²) in [5, 5.41) is 15.1. The fourth-order valence-corrected chi connectivity index (χ4v) is 5.09. The molecule has 1 aliphatic rings. The number of rotatable bonds is 8. The second-order valence-electron chi connectivity index (χ2n) is 7.62. The molecular weight excluding hydrogens is 368 g/mol. The molecule has 1 saturated heterocycles. The Bertz CT molecular complexity index is 909. The lowest BCUT2D eigenvalue weighted by molar-refractivity contribution is 0.319. The molecular formula is C22H28N4OS. The highest BCUT2D eigenvalue weighted by molar-refractivity contribution is 7.18. The predicted octanol–water partition coefficient (Wildman–Crippen LogP) is 4.99. The zero-order valence-electron chi connectivity index (χ0n) is 16.4. The molecule has 0 bridgehead atoms. The van der Waals surface area contributed by atoms with E-state index in [4.69, 9.17) is 0 Å². The zero-order valence-corrected chi connectivity index (χ0v) is 17.2. The largest absolute Gasteiger partial charge is 0.508 e. The monoisotopic (exact) mass is 396 g/mol. The first-order valence-electron chi connectivity index (χ1n) is 10.2. The number of hydrogen-bond donors (Lipinski definition) is 2. The second kappa shape index (κ2) is 8.88. The minimum Gasteiger partial charge on any atom is -0.508 e. The van der Waals surface area contributed by atoms with Crippen molar-refractivity contribution >= 4 is 27.4 Å². The Morgan fingerprint density at radius 1 is 1.25 bits per heavy atom. The third-order valence-electron chi connectivity index (χ3n) is 5.54. The molecule has 3 aromatic rings. The molecule has 2 N–H and O–H groups in total. The van der Waals surface area contributed by atoms with Gasteiger partial charge in [0.15, 0.2) is 0 Å². The van der Waals surface area contributed by atoms with E-state index < -0.39 is 0 Å². The molecule has 1 atom stereocenters. The summed E-state index contributed by atoms with van der Waals surface area (Å²) < 4.78 is 1.09. The Labute approximate surface area is 170 Å². The van der Waals surface area contributed by atoms with E-state index in [1.807, 2.05) is 12.1 Å². The molecule has 5 nitrogen and oxygen atoms in total. The molecule has 0 radical (unpaired) electrons. The quantitative estimate of drug-likeness (QED) is 0.525. The summed E-state index contributed by atoms with van der Waals surface area (Å²) in [5.41, 5.74) is 3.11. The summed E-state index contributed by atoms with van der Waals surface area (Å²) in [6.45, 7) is 6.89. The van der Waals surface area contributed by atoms with Crippen LogP contribution in [0, 0.1) is 5.92 Å². The number of benzene rings is 1. The lowest BCUT2D eigenvalue weighted by Crippen LogP contribution is -2.23. The van der Waals surface area contributed by atoms with Gasteiger partial charge in [-0.3, -0.25) is 0 Å². The average Bonchev–Trinajstić information content (AvgIpc) is 3.34. The van der Waals surface area contributed by atoms with Crippen LogP contribution in [0.4, 0.5) is 5.82 Å². The normalized spacial score (nSPS) is 17.4. The maximum Gasteiger partial charge on any atom is 0.147 e. The van der Waals surface area contributed by atoms with Crippen molar-refractivity contribution in [2.45, 2.75) is 32.6 Å². The number of aromatic hydroxyl groups is 1. The van der Waals surface area contributed by atoms with Crippen LogP contribution >= 0.6 is 11.3 Å². The number of anilines is 1. The predicted molar refractivity (Wildman–Crippen MR) is 117 cm³/mol. The van der Waals surface area contributed by atoms with Crippen molar-refractivity contribution in [2.75, 3.05) is 31.5 Å². The average molecular weight is 397 g/mol. The van der Waals surface area contributed by atoms with E-state index in [-0.39, 0.29) is 5.75 Å². The molecule has 0 spiro atoms. The van der Waals surface area contributed by atoms with Gasteiger partial charge in [-0.25, -0.2) is 9.97 Å². The van der Waals surface area contributed by atoms with Gasteiger partial charge in [0, 0.05) is 24.0 Å². The summed E-state index contributed by atoms with van der Waals surface area (Å²) in [4.78, 5) is 11.6. The van der Waals surface area contributed by atoms with Crippen LogP contribution in [0.3, 0.4) is 0 Å². The standard InChI is InChI=1S/C22H28N4OS/c1-2-4-16-9-12-26(13-16)11-3-10-23-22-21-20(24-15-25-22)19(14-28-21)17-5-7-18(27)8-6-17/h5-8,14-16,27H,2-4,9-13H2,1H3,(H,23,24,25). The Morgan fingerprint density at radius 2 is 2.11 bits per heavy atom. The topological polar surface area (TPSA) is 61.3 Å². The fraction of sp³-hybridized carbons (Fsp3) is 0.455. The number of phenolic OH excluding ortho intramolecular Hbond substituents is 1. The van der Waals surface area contributed by atoms with Crippen LogP contribution in [0.15, 0.2) is 36.0 Å². The van der Waals surface area contributed by atoms with Crippen LogP contribution in [0.25, 0.3) is 21.3 Å². The summed E-state index contributed by atoms with van der Waals surface area (Å²) in [6.07, 6.45) is 6.80. The van der Waals surface area contributed by atoms with Gasteiger partial charge in [-0.2, -0.15) is 0 Å². The van der Waals surface area contributed by atoms with Crippen molar-refractivity contribution in [3.8, 4) is 16.9 Å². The molecule has 4 rings (SSSR count). The van der Waals surface area contributed by atoms with E-state index in [0.717, 1.165) is 52.6 Å². The molecule has 0 saturated carbocycles. The van der Waals surface area contributed by atoms with Crippen LogP contribution in [-0.2, 0) is 0 Å². The molecule has 0 amide bonds. The lowest BCUT2D eigenvalue weighted by atomic mass is 10.0. The fourth-order valence-electron chi connectivity index (χ4n) is 4.09. The van der Waals surface area contributed by atoms with Gasteiger partial charge in [0.05, 0.1) is 10.2 Å². The Morgan fingerprint density at radius 3 is 2.93 bits per heavy atom. The van der Waals surface area contributed by atoms with Crippen molar-refractivity contribution < 1.29 is 5.11 Å². The first kappa shape index (κ1) is 19.2. The number of aromatic nitrogens is 2. The van der Waals surface area contributed by atoms with E-state index in [9.17, 15) is 5.11 Å². The number of thiophene rings is 1. The van der Waals surface area contributed by atoms with Crippen LogP contribution in [-0.4, -0.2) is 46.2 Å². The third-order valence-corrected chi connectivity index (χ3v) is 6.52. The van der Waals surface area contributed by atoms with Gasteiger partial charge < -0.3 is 15.3 Å². The molecule has 2 aromatic heterocycles. The number of hydrogen-bond acceptors (Lipinski definition) is 6. The first-order chi connectivity index (χ1) is 13.7. The minimum absolute atomic E-state index is 0.277. The Kier molecular flexibility index (Phi) is 6.07. The number of phenols is 1. The summed E-state index contributed by atoms with van der Waals surface area (Å²) >= 11 is 1.67. The highest BCUT2D eigenvalue weighted by Gasteiger charge is 2.20. The first-order valence-corrected chi connectivity index (χ1v) is 11.1. The van der Waals surface area contributed by atoms with Gasteiger partial charge in [-0.1, -0.05) is 25.5 Å². The van der Waals surface area contributed by atoms with Crippen molar-refractivity contribution in [3.63, 3.8) is 0 Å². The maximum atomic E-state index is 9.52. The van der Waals surface area contributed by atoms with Crippen molar-refractivity contribution in [1.82, 2.24) is 14.9 Å². The van der Waals surface area contributed by atoms with Crippen LogP contribution < -0.4 is 5.32 Å². The highest BCUT2D eigenvalue weighted by atomic mass is 32.1. The lowest BCUT2D eigenvalue weighted by Gasteiger charge is -2.16. The molecule has 148 valence electrons. The maximum absolute atomic E-state index is 9.52. The van der Waals surface area contributed by atoms with Crippen LogP contribution in [0.2, 0.25) is 0 Å². The number of nitrogens with one attached hydrogen (secondary N) is 1. The van der Waals surface area contributed by atoms with Gasteiger partial charge in [0.2, 0.25) is 0 Å². The molecule has 6 heteroatoms. The molecule has 0 aliphatic carbocycles. The minimum atomic E-state index is 0.277. The summed E-state index contributed by atoms with van der Waals surface area (Å²) in [6, 6.07) is 7.27. The van der Waals surface area contributed by atoms with E-state index in [2.05, 4.69) is 32.5 Å². The summed E-state index contributed by atoms with van der Waals surface area (Å²) in [5.74, 6) is 2.11. The van der Waals surface area contributed by atoms with E-state index in [1.54, 1.807) is 29.8 Å². The SMILES string of the molecule is CCCC1CCN(CCCNc2ncnc3c(-c4ccc(O)cc4)csc23)C1. The number of fused-ring (bicyclic) bond motifs is 1. The van der Waals surface area contributed by atoms with E-state index >= 15 is 0 Å². The van der Waals surface area contributed by atoms with Gasteiger partial charge in [-0.15, -0.1) is 11.3 Å². The molecule has 28 heavy (non-hydrogen) atoms. The highest BCUT2D eigenvalue weighted by Crippen LogP contribution is 2.36. The van der Waals surface area contributed by atoms with Gasteiger partial charge in [0.25, 0.3) is 0 Å². The van der Waals surface area contributed by atoms with Gasteiger partial charge >= 0.3 is 0 Å². The van der Waals surface area contributed by atoms with E-state index in [1.165, 1.54) is 32.4 Å². The smallest absolute Gasteiger partial charge is 0.147 e. The Hall–Kier alpha value is -2.18.